The number of aliphatic hydroxyl groups is 1. The fourth-order valence-corrected chi connectivity index (χ4v) is 1.81. The lowest BCUT2D eigenvalue weighted by atomic mass is 10.0. The number of rotatable bonds is 2. The van der Waals surface area contributed by atoms with Gasteiger partial charge in [-0.05, 0) is 30.2 Å². The fourth-order valence-electron chi connectivity index (χ4n) is 1.62. The average molecular weight is 251 g/mol. The molecule has 0 aliphatic rings. The van der Waals surface area contributed by atoms with Crippen LogP contribution in [0.3, 0.4) is 0 Å². The average Bonchev–Trinajstić information content (AvgIpc) is 2.33. The van der Waals surface area contributed by atoms with Gasteiger partial charge in [-0.2, -0.15) is 0 Å². The molecular formula is C14H12ClFO. The van der Waals surface area contributed by atoms with Crippen molar-refractivity contribution in [1.82, 2.24) is 0 Å². The standard InChI is InChI=1S/C14H12ClFO/c1-9-2-4-10(5-3-9)14(17)11-6-7-13(16)12(15)8-11/h2-8,14,17H,1H3/t14-/m0/s1. The minimum absolute atomic E-state index is 0.0219. The summed E-state index contributed by atoms with van der Waals surface area (Å²) < 4.78 is 13.0. The zero-order valence-electron chi connectivity index (χ0n) is 9.32. The number of benzene rings is 2. The molecule has 0 amide bonds. The summed E-state index contributed by atoms with van der Waals surface area (Å²) in [4.78, 5) is 0. The molecule has 1 atom stereocenters. The molecule has 2 aromatic carbocycles. The highest BCUT2D eigenvalue weighted by molar-refractivity contribution is 6.30. The Balaban J connectivity index is 2.33. The lowest BCUT2D eigenvalue weighted by molar-refractivity contribution is 0.220. The van der Waals surface area contributed by atoms with Crippen molar-refractivity contribution < 1.29 is 9.50 Å². The molecule has 0 saturated carbocycles. The van der Waals surface area contributed by atoms with Crippen LogP contribution >= 0.6 is 11.6 Å². The first-order chi connectivity index (χ1) is 8.08. The van der Waals surface area contributed by atoms with E-state index < -0.39 is 11.9 Å². The van der Waals surface area contributed by atoms with Crippen LogP contribution < -0.4 is 0 Å². The van der Waals surface area contributed by atoms with Crippen LogP contribution in [0.2, 0.25) is 5.02 Å². The molecule has 0 fully saturated rings. The van der Waals surface area contributed by atoms with E-state index in [9.17, 15) is 9.50 Å². The van der Waals surface area contributed by atoms with Crippen LogP contribution in [0.4, 0.5) is 4.39 Å². The fraction of sp³-hybridized carbons (Fsp3) is 0.143. The first-order valence-corrected chi connectivity index (χ1v) is 5.65. The molecule has 0 aliphatic carbocycles. The van der Waals surface area contributed by atoms with Gasteiger partial charge in [-0.15, -0.1) is 0 Å². The molecule has 0 unspecified atom stereocenters. The SMILES string of the molecule is Cc1ccc([C@H](O)c2ccc(F)c(Cl)c2)cc1. The van der Waals surface area contributed by atoms with Gasteiger partial charge < -0.3 is 5.11 Å². The number of halogens is 2. The maximum Gasteiger partial charge on any atom is 0.141 e. The Bertz CT molecular complexity index is 522. The summed E-state index contributed by atoms with van der Waals surface area (Å²) in [5.74, 6) is -0.480. The number of hydrogen-bond donors (Lipinski definition) is 1. The van der Waals surface area contributed by atoms with Crippen molar-refractivity contribution in [3.8, 4) is 0 Å². The van der Waals surface area contributed by atoms with Gasteiger partial charge in [0, 0.05) is 0 Å². The Morgan fingerprint density at radius 1 is 1.06 bits per heavy atom. The Morgan fingerprint density at radius 2 is 1.65 bits per heavy atom. The summed E-state index contributed by atoms with van der Waals surface area (Å²) in [5.41, 5.74) is 2.47. The van der Waals surface area contributed by atoms with Crippen molar-refractivity contribution in [3.63, 3.8) is 0 Å². The highest BCUT2D eigenvalue weighted by Crippen LogP contribution is 2.25. The molecule has 2 aromatic rings. The molecule has 0 aliphatic heterocycles. The monoisotopic (exact) mass is 250 g/mol. The van der Waals surface area contributed by atoms with Crippen molar-refractivity contribution in [2.45, 2.75) is 13.0 Å². The molecule has 1 N–H and O–H groups in total. The highest BCUT2D eigenvalue weighted by Gasteiger charge is 2.11. The Hall–Kier alpha value is -1.38. The Labute approximate surface area is 104 Å². The van der Waals surface area contributed by atoms with Gasteiger partial charge in [0.25, 0.3) is 0 Å². The first kappa shape index (κ1) is 12.1. The van der Waals surface area contributed by atoms with E-state index in [1.165, 1.54) is 18.2 Å². The summed E-state index contributed by atoms with van der Waals surface area (Å²) in [5, 5.41) is 10.1. The van der Waals surface area contributed by atoms with Gasteiger partial charge in [-0.1, -0.05) is 47.5 Å². The number of aryl methyl sites for hydroxylation is 1. The normalized spacial score (nSPS) is 12.5. The third-order valence-corrected chi connectivity index (χ3v) is 2.94. The molecule has 1 nitrogen and oxygen atoms in total. The quantitative estimate of drug-likeness (QED) is 0.858. The topological polar surface area (TPSA) is 20.2 Å². The van der Waals surface area contributed by atoms with Gasteiger partial charge in [0.2, 0.25) is 0 Å². The summed E-state index contributed by atoms with van der Waals surface area (Å²) >= 11 is 5.68. The van der Waals surface area contributed by atoms with Crippen molar-refractivity contribution in [2.24, 2.45) is 0 Å². The van der Waals surface area contributed by atoms with Crippen LogP contribution in [-0.2, 0) is 0 Å². The Morgan fingerprint density at radius 3 is 2.24 bits per heavy atom. The van der Waals surface area contributed by atoms with Gasteiger partial charge in [-0.3, -0.25) is 0 Å². The lowest BCUT2D eigenvalue weighted by Crippen LogP contribution is -1.99. The zero-order valence-corrected chi connectivity index (χ0v) is 10.1. The summed E-state index contributed by atoms with van der Waals surface area (Å²) in [6.45, 7) is 1.98. The van der Waals surface area contributed by atoms with Crippen molar-refractivity contribution in [2.75, 3.05) is 0 Å². The Kier molecular flexibility index (Phi) is 3.46. The van der Waals surface area contributed by atoms with E-state index in [2.05, 4.69) is 0 Å². The smallest absolute Gasteiger partial charge is 0.141 e. The van der Waals surface area contributed by atoms with Gasteiger partial charge in [0.15, 0.2) is 0 Å². The van der Waals surface area contributed by atoms with Crippen LogP contribution in [0.5, 0.6) is 0 Å². The van der Waals surface area contributed by atoms with E-state index in [-0.39, 0.29) is 5.02 Å². The van der Waals surface area contributed by atoms with E-state index in [1.54, 1.807) is 0 Å². The zero-order chi connectivity index (χ0) is 12.4. The molecule has 0 bridgehead atoms. The molecule has 2 rings (SSSR count). The second kappa shape index (κ2) is 4.86. The van der Waals surface area contributed by atoms with Crippen LogP contribution in [0.25, 0.3) is 0 Å². The van der Waals surface area contributed by atoms with E-state index >= 15 is 0 Å². The van der Waals surface area contributed by atoms with Crippen LogP contribution in [-0.4, -0.2) is 5.11 Å². The van der Waals surface area contributed by atoms with Gasteiger partial charge >= 0.3 is 0 Å². The van der Waals surface area contributed by atoms with Crippen molar-refractivity contribution in [3.05, 3.63) is 70.0 Å². The number of aliphatic hydroxyl groups excluding tert-OH is 1. The summed E-state index contributed by atoms with van der Waals surface area (Å²) in [6, 6.07) is 11.8. The predicted octanol–water partition coefficient (Wildman–Crippen LogP) is 3.87. The summed E-state index contributed by atoms with van der Waals surface area (Å²) in [7, 11) is 0. The molecule has 0 aromatic heterocycles. The van der Waals surface area contributed by atoms with E-state index in [1.807, 2.05) is 31.2 Å². The molecule has 0 heterocycles. The van der Waals surface area contributed by atoms with E-state index in [0.29, 0.717) is 5.56 Å². The molecule has 88 valence electrons. The second-order valence-electron chi connectivity index (χ2n) is 3.99. The second-order valence-corrected chi connectivity index (χ2v) is 4.39. The first-order valence-electron chi connectivity index (χ1n) is 5.27. The third kappa shape index (κ3) is 2.65. The minimum atomic E-state index is -0.784. The molecule has 17 heavy (non-hydrogen) atoms. The largest absolute Gasteiger partial charge is 0.384 e. The molecule has 0 saturated heterocycles. The lowest BCUT2D eigenvalue weighted by Gasteiger charge is -2.12. The van der Waals surface area contributed by atoms with Crippen LogP contribution in [0, 0.1) is 12.7 Å². The van der Waals surface area contributed by atoms with Gasteiger partial charge in [0.1, 0.15) is 11.9 Å². The molecule has 3 heteroatoms. The minimum Gasteiger partial charge on any atom is -0.384 e. The van der Waals surface area contributed by atoms with E-state index in [4.69, 9.17) is 11.6 Å². The van der Waals surface area contributed by atoms with Crippen LogP contribution in [0.1, 0.15) is 22.8 Å². The molecule has 0 spiro atoms. The van der Waals surface area contributed by atoms with Crippen molar-refractivity contribution >= 4 is 11.6 Å². The predicted molar refractivity (Wildman–Crippen MR) is 66.7 cm³/mol. The highest BCUT2D eigenvalue weighted by atomic mass is 35.5. The third-order valence-electron chi connectivity index (χ3n) is 2.65. The van der Waals surface area contributed by atoms with Gasteiger partial charge in [0.05, 0.1) is 5.02 Å². The maximum atomic E-state index is 13.0. The summed E-state index contributed by atoms with van der Waals surface area (Å²) in [6.07, 6.45) is -0.784. The molecule has 0 radical (unpaired) electrons. The van der Waals surface area contributed by atoms with Crippen LogP contribution in [0.15, 0.2) is 42.5 Å². The van der Waals surface area contributed by atoms with E-state index in [0.717, 1.165) is 11.1 Å². The molecular weight excluding hydrogens is 239 g/mol. The van der Waals surface area contributed by atoms with Gasteiger partial charge in [-0.25, -0.2) is 4.39 Å². The van der Waals surface area contributed by atoms with Crippen molar-refractivity contribution in [1.29, 1.82) is 0 Å². The maximum absolute atomic E-state index is 13.0. The number of hydrogen-bond acceptors (Lipinski definition) is 1.